The molecule has 0 aromatic heterocycles. The monoisotopic (exact) mass is 241 g/mol. The summed E-state index contributed by atoms with van der Waals surface area (Å²) >= 11 is 2.12. The van der Waals surface area contributed by atoms with E-state index in [4.69, 9.17) is 0 Å². The smallest absolute Gasteiger partial charge is 0.0209 e. The lowest BCUT2D eigenvalue weighted by molar-refractivity contribution is 0.220. The first-order chi connectivity index (χ1) is 7.46. The summed E-state index contributed by atoms with van der Waals surface area (Å²) in [6, 6.07) is 0.725. The topological polar surface area (TPSA) is 12.0 Å². The average Bonchev–Trinajstić information content (AvgIpc) is 2.96. The van der Waals surface area contributed by atoms with E-state index in [1.807, 2.05) is 0 Å². The SMILES string of the molecule is CC(C)C1(CNC2CSCCC2(C)C)CC1. The van der Waals surface area contributed by atoms with Crippen LogP contribution >= 0.6 is 11.8 Å². The molecule has 0 aromatic carbocycles. The van der Waals surface area contributed by atoms with Gasteiger partial charge in [-0.1, -0.05) is 27.7 Å². The van der Waals surface area contributed by atoms with Gasteiger partial charge in [0.25, 0.3) is 0 Å². The van der Waals surface area contributed by atoms with Crippen molar-refractivity contribution in [1.82, 2.24) is 5.32 Å². The van der Waals surface area contributed by atoms with Crippen LogP contribution in [0.15, 0.2) is 0 Å². The fourth-order valence-electron chi connectivity index (χ4n) is 2.72. The molecule has 2 heteroatoms. The van der Waals surface area contributed by atoms with Gasteiger partial charge in [0, 0.05) is 18.3 Å². The third-order valence-corrected chi connectivity index (χ3v) is 6.00. The lowest BCUT2D eigenvalue weighted by Crippen LogP contribution is -2.48. The second-order valence-electron chi connectivity index (χ2n) is 6.76. The molecule has 1 heterocycles. The maximum absolute atomic E-state index is 3.88. The van der Waals surface area contributed by atoms with Crippen molar-refractivity contribution in [1.29, 1.82) is 0 Å². The van der Waals surface area contributed by atoms with Crippen LogP contribution in [0.4, 0.5) is 0 Å². The fourth-order valence-corrected chi connectivity index (χ4v) is 4.36. The van der Waals surface area contributed by atoms with Gasteiger partial charge in [-0.2, -0.15) is 11.8 Å². The van der Waals surface area contributed by atoms with E-state index in [0.29, 0.717) is 10.8 Å². The van der Waals surface area contributed by atoms with Crippen molar-refractivity contribution in [3.05, 3.63) is 0 Å². The summed E-state index contributed by atoms with van der Waals surface area (Å²) in [5.74, 6) is 3.50. The van der Waals surface area contributed by atoms with Gasteiger partial charge in [0.2, 0.25) is 0 Å². The van der Waals surface area contributed by atoms with Crippen molar-refractivity contribution in [2.24, 2.45) is 16.7 Å². The molecule has 1 nitrogen and oxygen atoms in total. The number of thioether (sulfide) groups is 1. The highest BCUT2D eigenvalue weighted by molar-refractivity contribution is 7.99. The minimum atomic E-state index is 0.498. The molecule has 94 valence electrons. The average molecular weight is 241 g/mol. The molecule has 16 heavy (non-hydrogen) atoms. The Morgan fingerprint density at radius 2 is 1.94 bits per heavy atom. The molecule has 2 rings (SSSR count). The van der Waals surface area contributed by atoms with Gasteiger partial charge < -0.3 is 5.32 Å². The van der Waals surface area contributed by atoms with Gasteiger partial charge in [0.05, 0.1) is 0 Å². The van der Waals surface area contributed by atoms with E-state index in [0.717, 1.165) is 12.0 Å². The van der Waals surface area contributed by atoms with Crippen LogP contribution in [0.3, 0.4) is 0 Å². The number of hydrogen-bond donors (Lipinski definition) is 1. The first-order valence-corrected chi connectivity index (χ1v) is 7.93. The molecule has 0 amide bonds. The Bertz CT molecular complexity index is 243. The second-order valence-corrected chi connectivity index (χ2v) is 7.91. The van der Waals surface area contributed by atoms with E-state index < -0.39 is 0 Å². The zero-order chi connectivity index (χ0) is 11.8. The van der Waals surface area contributed by atoms with E-state index in [1.165, 1.54) is 37.3 Å². The van der Waals surface area contributed by atoms with Gasteiger partial charge in [-0.15, -0.1) is 0 Å². The predicted octanol–water partition coefficient (Wildman–Crippen LogP) is 3.54. The van der Waals surface area contributed by atoms with E-state index in [1.54, 1.807) is 0 Å². The molecule has 0 bridgehead atoms. The molecule has 1 atom stereocenters. The van der Waals surface area contributed by atoms with Crippen molar-refractivity contribution in [2.45, 2.75) is 53.0 Å². The van der Waals surface area contributed by atoms with Gasteiger partial charge in [-0.25, -0.2) is 0 Å². The number of rotatable bonds is 4. The number of nitrogens with one attached hydrogen (secondary N) is 1. The lowest BCUT2D eigenvalue weighted by atomic mass is 9.81. The van der Waals surface area contributed by atoms with Crippen molar-refractivity contribution in [2.75, 3.05) is 18.1 Å². The Morgan fingerprint density at radius 1 is 1.25 bits per heavy atom. The molecule has 0 aromatic rings. The predicted molar refractivity (Wildman–Crippen MR) is 74.0 cm³/mol. The van der Waals surface area contributed by atoms with Gasteiger partial charge in [-0.05, 0) is 41.8 Å². The zero-order valence-corrected chi connectivity index (χ0v) is 12.1. The minimum absolute atomic E-state index is 0.498. The van der Waals surface area contributed by atoms with Crippen LogP contribution < -0.4 is 5.32 Å². The van der Waals surface area contributed by atoms with Crippen LogP contribution in [0.5, 0.6) is 0 Å². The molecular weight excluding hydrogens is 214 g/mol. The highest BCUT2D eigenvalue weighted by atomic mass is 32.2. The molecule has 2 fully saturated rings. The van der Waals surface area contributed by atoms with Crippen molar-refractivity contribution >= 4 is 11.8 Å². The Balaban J connectivity index is 1.85. The Labute approximate surface area is 105 Å². The summed E-state index contributed by atoms with van der Waals surface area (Å²) in [5, 5.41) is 3.88. The highest BCUT2D eigenvalue weighted by Crippen LogP contribution is 2.51. The summed E-state index contributed by atoms with van der Waals surface area (Å²) in [4.78, 5) is 0. The van der Waals surface area contributed by atoms with E-state index in [9.17, 15) is 0 Å². The van der Waals surface area contributed by atoms with Gasteiger partial charge in [-0.3, -0.25) is 0 Å². The summed E-state index contributed by atoms with van der Waals surface area (Å²) in [5.41, 5.74) is 1.15. The Morgan fingerprint density at radius 3 is 2.44 bits per heavy atom. The largest absolute Gasteiger partial charge is 0.312 e. The minimum Gasteiger partial charge on any atom is -0.312 e. The molecule has 1 unspecified atom stereocenters. The first-order valence-electron chi connectivity index (χ1n) is 6.77. The summed E-state index contributed by atoms with van der Waals surface area (Å²) in [7, 11) is 0. The fraction of sp³-hybridized carbons (Fsp3) is 1.00. The van der Waals surface area contributed by atoms with Crippen LogP contribution in [0.2, 0.25) is 0 Å². The molecule has 1 saturated carbocycles. The summed E-state index contributed by atoms with van der Waals surface area (Å²) < 4.78 is 0. The summed E-state index contributed by atoms with van der Waals surface area (Å²) in [6.07, 6.45) is 4.25. The first kappa shape index (κ1) is 12.8. The maximum atomic E-state index is 3.88. The highest BCUT2D eigenvalue weighted by Gasteiger charge is 2.46. The summed E-state index contributed by atoms with van der Waals surface area (Å²) in [6.45, 7) is 10.9. The molecule has 1 aliphatic carbocycles. The standard InChI is InChI=1S/C14H27NS/c1-11(2)14(5-6-14)10-15-12-9-16-8-7-13(12,3)4/h11-12,15H,5-10H2,1-4H3. The van der Waals surface area contributed by atoms with Crippen LogP contribution in [-0.2, 0) is 0 Å². The van der Waals surface area contributed by atoms with Crippen LogP contribution in [0, 0.1) is 16.7 Å². The van der Waals surface area contributed by atoms with Crippen LogP contribution in [-0.4, -0.2) is 24.1 Å². The van der Waals surface area contributed by atoms with E-state index >= 15 is 0 Å². The molecule has 2 aliphatic rings. The zero-order valence-electron chi connectivity index (χ0n) is 11.3. The van der Waals surface area contributed by atoms with Gasteiger partial charge in [0.15, 0.2) is 0 Å². The van der Waals surface area contributed by atoms with E-state index in [-0.39, 0.29) is 0 Å². The third-order valence-electron chi connectivity index (χ3n) is 4.94. The van der Waals surface area contributed by atoms with Crippen molar-refractivity contribution in [3.8, 4) is 0 Å². The molecule has 0 radical (unpaired) electrons. The maximum Gasteiger partial charge on any atom is 0.0209 e. The normalized spacial score (nSPS) is 31.7. The van der Waals surface area contributed by atoms with Crippen molar-refractivity contribution < 1.29 is 0 Å². The van der Waals surface area contributed by atoms with Gasteiger partial charge >= 0.3 is 0 Å². The molecule has 1 saturated heterocycles. The van der Waals surface area contributed by atoms with Crippen LogP contribution in [0.25, 0.3) is 0 Å². The molecular formula is C14H27NS. The quantitative estimate of drug-likeness (QED) is 0.808. The van der Waals surface area contributed by atoms with Crippen molar-refractivity contribution in [3.63, 3.8) is 0 Å². The third kappa shape index (κ3) is 2.59. The molecule has 0 spiro atoms. The molecule has 1 N–H and O–H groups in total. The van der Waals surface area contributed by atoms with Gasteiger partial charge in [0.1, 0.15) is 0 Å². The van der Waals surface area contributed by atoms with Crippen LogP contribution in [0.1, 0.15) is 47.0 Å². The second kappa shape index (κ2) is 4.53. The molecule has 1 aliphatic heterocycles. The van der Waals surface area contributed by atoms with E-state index in [2.05, 4.69) is 44.8 Å². The lowest BCUT2D eigenvalue weighted by Gasteiger charge is -2.40. The Kier molecular flexibility index (Phi) is 3.61. The Hall–Kier alpha value is 0.310. The number of hydrogen-bond acceptors (Lipinski definition) is 2.